The van der Waals surface area contributed by atoms with Gasteiger partial charge in [0.15, 0.2) is 0 Å². The lowest BCUT2D eigenvalue weighted by Crippen LogP contribution is -2.23. The van der Waals surface area contributed by atoms with Crippen LogP contribution in [0.15, 0.2) is 29.6 Å². The van der Waals surface area contributed by atoms with Crippen molar-refractivity contribution in [3.63, 3.8) is 0 Å². The summed E-state index contributed by atoms with van der Waals surface area (Å²) in [6.45, 7) is 2.20. The Bertz CT molecular complexity index is 698. The lowest BCUT2D eigenvalue weighted by molar-refractivity contribution is 0.0949. The fraction of sp³-hybridized carbons (Fsp3) is 0.154. The van der Waals surface area contributed by atoms with E-state index in [0.29, 0.717) is 12.1 Å². The molecule has 6 heteroatoms. The predicted molar refractivity (Wildman–Crippen MR) is 74.1 cm³/mol. The predicted octanol–water partition coefficient (Wildman–Crippen LogP) is 2.26. The van der Waals surface area contributed by atoms with Crippen LogP contribution in [0.1, 0.15) is 21.9 Å². The number of imidazole rings is 1. The van der Waals surface area contributed by atoms with E-state index in [1.807, 2.05) is 31.2 Å². The minimum atomic E-state index is -0.119. The van der Waals surface area contributed by atoms with Gasteiger partial charge in [-0.1, -0.05) is 12.1 Å². The van der Waals surface area contributed by atoms with Crippen LogP contribution in [0.4, 0.5) is 0 Å². The average molecular weight is 272 g/mol. The summed E-state index contributed by atoms with van der Waals surface area (Å²) in [5.41, 5.74) is 3.26. The standard InChI is InChI=1S/C13H12N4OS/c1-8-9(7-19-17-8)13(18)14-6-12-15-10-4-2-3-5-11(10)16-12/h2-5,7H,6H2,1H3,(H,14,18)(H,15,16). The third-order valence-electron chi connectivity index (χ3n) is 2.85. The smallest absolute Gasteiger partial charge is 0.254 e. The number of carbonyl (C=O) groups is 1. The highest BCUT2D eigenvalue weighted by atomic mass is 32.1. The number of aromatic nitrogens is 3. The number of para-hydroxylation sites is 2. The minimum absolute atomic E-state index is 0.119. The third kappa shape index (κ3) is 2.34. The van der Waals surface area contributed by atoms with Gasteiger partial charge in [-0.2, -0.15) is 4.37 Å². The maximum absolute atomic E-state index is 11.9. The summed E-state index contributed by atoms with van der Waals surface area (Å²) in [6, 6.07) is 7.78. The second-order valence-corrected chi connectivity index (χ2v) is 4.83. The molecular weight excluding hydrogens is 260 g/mol. The number of aromatic amines is 1. The first-order chi connectivity index (χ1) is 9.24. The van der Waals surface area contributed by atoms with Gasteiger partial charge in [-0.05, 0) is 30.6 Å². The zero-order chi connectivity index (χ0) is 13.2. The monoisotopic (exact) mass is 272 g/mol. The molecule has 0 radical (unpaired) electrons. The molecule has 0 unspecified atom stereocenters. The van der Waals surface area contributed by atoms with Gasteiger partial charge in [0.1, 0.15) is 5.82 Å². The van der Waals surface area contributed by atoms with Gasteiger partial charge in [0.2, 0.25) is 0 Å². The molecule has 96 valence electrons. The van der Waals surface area contributed by atoms with Crippen LogP contribution in [0.2, 0.25) is 0 Å². The Morgan fingerprint density at radius 1 is 1.42 bits per heavy atom. The van der Waals surface area contributed by atoms with Crippen molar-refractivity contribution in [3.8, 4) is 0 Å². The first-order valence-electron chi connectivity index (χ1n) is 5.87. The Hall–Kier alpha value is -2.21. The fourth-order valence-electron chi connectivity index (χ4n) is 1.86. The number of aryl methyl sites for hydroxylation is 1. The number of benzene rings is 1. The number of rotatable bonds is 3. The maximum Gasteiger partial charge on any atom is 0.254 e. The van der Waals surface area contributed by atoms with E-state index in [0.717, 1.165) is 22.6 Å². The van der Waals surface area contributed by atoms with Gasteiger partial charge >= 0.3 is 0 Å². The molecule has 3 aromatic rings. The van der Waals surface area contributed by atoms with E-state index < -0.39 is 0 Å². The van der Waals surface area contributed by atoms with Gasteiger partial charge in [0, 0.05) is 5.38 Å². The molecule has 0 bridgehead atoms. The number of hydrogen-bond acceptors (Lipinski definition) is 4. The van der Waals surface area contributed by atoms with Crippen molar-refractivity contribution >= 4 is 28.5 Å². The number of nitrogens with one attached hydrogen (secondary N) is 2. The van der Waals surface area contributed by atoms with E-state index in [-0.39, 0.29) is 5.91 Å². The molecule has 5 nitrogen and oxygen atoms in total. The fourth-order valence-corrected chi connectivity index (χ4v) is 2.55. The molecule has 0 spiro atoms. The van der Waals surface area contributed by atoms with Crippen LogP contribution in [-0.2, 0) is 6.54 Å². The molecule has 2 heterocycles. The van der Waals surface area contributed by atoms with E-state index in [9.17, 15) is 4.79 Å². The SMILES string of the molecule is Cc1nscc1C(=O)NCc1nc2ccccc2[nH]1. The summed E-state index contributed by atoms with van der Waals surface area (Å²) in [4.78, 5) is 19.5. The highest BCUT2D eigenvalue weighted by molar-refractivity contribution is 7.03. The molecule has 3 rings (SSSR count). The van der Waals surface area contributed by atoms with Crippen LogP contribution in [0, 0.1) is 6.92 Å². The van der Waals surface area contributed by atoms with Gasteiger partial charge in [-0.15, -0.1) is 0 Å². The first-order valence-corrected chi connectivity index (χ1v) is 6.70. The zero-order valence-corrected chi connectivity index (χ0v) is 11.1. The number of carbonyl (C=O) groups excluding carboxylic acids is 1. The highest BCUT2D eigenvalue weighted by Crippen LogP contribution is 2.11. The second-order valence-electron chi connectivity index (χ2n) is 4.20. The van der Waals surface area contributed by atoms with Crippen LogP contribution in [-0.4, -0.2) is 20.2 Å². The molecular formula is C13H12N4OS. The van der Waals surface area contributed by atoms with Crippen LogP contribution < -0.4 is 5.32 Å². The molecule has 0 atom stereocenters. The molecule has 1 amide bonds. The van der Waals surface area contributed by atoms with Crippen molar-refractivity contribution in [2.75, 3.05) is 0 Å². The molecule has 0 aliphatic rings. The van der Waals surface area contributed by atoms with E-state index >= 15 is 0 Å². The number of amides is 1. The summed E-state index contributed by atoms with van der Waals surface area (Å²) in [5, 5.41) is 4.59. The highest BCUT2D eigenvalue weighted by Gasteiger charge is 2.11. The van der Waals surface area contributed by atoms with Gasteiger partial charge in [0.25, 0.3) is 5.91 Å². The van der Waals surface area contributed by atoms with Crippen molar-refractivity contribution < 1.29 is 4.79 Å². The van der Waals surface area contributed by atoms with E-state index in [1.54, 1.807) is 5.38 Å². The van der Waals surface area contributed by atoms with Gasteiger partial charge < -0.3 is 10.3 Å². The van der Waals surface area contributed by atoms with Crippen molar-refractivity contribution in [2.45, 2.75) is 13.5 Å². The largest absolute Gasteiger partial charge is 0.345 e. The molecule has 19 heavy (non-hydrogen) atoms. The van der Waals surface area contributed by atoms with Gasteiger partial charge in [-0.3, -0.25) is 4.79 Å². The Labute approximate surface area is 113 Å². The summed E-state index contributed by atoms with van der Waals surface area (Å²) in [5.74, 6) is 0.627. The quantitative estimate of drug-likeness (QED) is 0.768. The van der Waals surface area contributed by atoms with Crippen LogP contribution in [0.3, 0.4) is 0 Å². The number of hydrogen-bond donors (Lipinski definition) is 2. The molecule has 0 fully saturated rings. The van der Waals surface area contributed by atoms with E-state index in [4.69, 9.17) is 0 Å². The molecule has 0 saturated carbocycles. The van der Waals surface area contributed by atoms with E-state index in [2.05, 4.69) is 19.7 Å². The lowest BCUT2D eigenvalue weighted by atomic mass is 10.2. The summed E-state index contributed by atoms with van der Waals surface area (Å²) < 4.78 is 4.08. The average Bonchev–Trinajstić information content (AvgIpc) is 3.01. The molecule has 0 aliphatic carbocycles. The van der Waals surface area contributed by atoms with Crippen molar-refractivity contribution in [1.29, 1.82) is 0 Å². The zero-order valence-electron chi connectivity index (χ0n) is 10.3. The molecule has 2 N–H and O–H groups in total. The Morgan fingerprint density at radius 3 is 3.00 bits per heavy atom. The molecule has 2 aromatic heterocycles. The first kappa shape index (κ1) is 11.9. The molecule has 0 saturated heterocycles. The van der Waals surface area contributed by atoms with Crippen LogP contribution in [0.5, 0.6) is 0 Å². The van der Waals surface area contributed by atoms with Crippen molar-refractivity contribution in [3.05, 3.63) is 46.7 Å². The number of H-pyrrole nitrogens is 1. The Balaban J connectivity index is 1.72. The maximum atomic E-state index is 11.9. The molecule has 1 aromatic carbocycles. The Morgan fingerprint density at radius 2 is 2.26 bits per heavy atom. The van der Waals surface area contributed by atoms with Crippen LogP contribution in [0.25, 0.3) is 11.0 Å². The third-order valence-corrected chi connectivity index (χ3v) is 3.57. The van der Waals surface area contributed by atoms with Crippen LogP contribution >= 0.6 is 11.5 Å². The lowest BCUT2D eigenvalue weighted by Gasteiger charge is -2.01. The van der Waals surface area contributed by atoms with Crippen molar-refractivity contribution in [2.24, 2.45) is 0 Å². The minimum Gasteiger partial charge on any atom is -0.345 e. The topological polar surface area (TPSA) is 70.7 Å². The van der Waals surface area contributed by atoms with Gasteiger partial charge in [0.05, 0.1) is 28.8 Å². The molecule has 0 aliphatic heterocycles. The van der Waals surface area contributed by atoms with E-state index in [1.165, 1.54) is 11.5 Å². The van der Waals surface area contributed by atoms with Crippen molar-refractivity contribution in [1.82, 2.24) is 19.7 Å². The van der Waals surface area contributed by atoms with Gasteiger partial charge in [-0.25, -0.2) is 4.98 Å². The summed E-state index contributed by atoms with van der Waals surface area (Å²) in [6.07, 6.45) is 0. The number of fused-ring (bicyclic) bond motifs is 1. The number of nitrogens with zero attached hydrogens (tertiary/aromatic N) is 2. The summed E-state index contributed by atoms with van der Waals surface area (Å²) >= 11 is 1.29. The second kappa shape index (κ2) is 4.81. The normalized spacial score (nSPS) is 10.8. The Kier molecular flexibility index (Phi) is 3.00. The summed E-state index contributed by atoms with van der Waals surface area (Å²) in [7, 11) is 0.